The van der Waals surface area contributed by atoms with Crippen molar-refractivity contribution in [2.24, 2.45) is 11.8 Å². The molecule has 0 saturated carbocycles. The summed E-state index contributed by atoms with van der Waals surface area (Å²) in [4.78, 5) is 32.4. The summed E-state index contributed by atoms with van der Waals surface area (Å²) in [5, 5.41) is 9.22. The lowest BCUT2D eigenvalue weighted by Gasteiger charge is -2.21. The van der Waals surface area contributed by atoms with E-state index in [4.69, 9.17) is 0 Å². The minimum absolute atomic E-state index is 0.00660. The summed E-state index contributed by atoms with van der Waals surface area (Å²) in [5.74, 6) is -0.647. The van der Waals surface area contributed by atoms with E-state index in [1.54, 1.807) is 4.57 Å². The molecule has 2 fully saturated rings. The Morgan fingerprint density at radius 3 is 2.54 bits per heavy atom. The molecule has 1 N–H and O–H groups in total. The van der Waals surface area contributed by atoms with Gasteiger partial charge in [0.2, 0.25) is 5.43 Å². The van der Waals surface area contributed by atoms with Crippen LogP contribution in [-0.2, 0) is 6.54 Å². The van der Waals surface area contributed by atoms with Crippen molar-refractivity contribution in [3.63, 3.8) is 0 Å². The van der Waals surface area contributed by atoms with Crippen molar-refractivity contribution in [2.45, 2.75) is 13.5 Å². The lowest BCUT2D eigenvalue weighted by Crippen LogP contribution is -2.28. The van der Waals surface area contributed by atoms with Crippen molar-refractivity contribution < 1.29 is 14.3 Å². The molecule has 2 aliphatic heterocycles. The number of carbonyl (C=O) groups is 1. The molecular formula is C18H21FN4O3. The third-order valence-electron chi connectivity index (χ3n) is 5.52. The Morgan fingerprint density at radius 1 is 1.31 bits per heavy atom. The Kier molecular flexibility index (Phi) is 3.95. The molecule has 2 atom stereocenters. The monoisotopic (exact) mass is 360 g/mol. The van der Waals surface area contributed by atoms with Crippen LogP contribution in [-0.4, -0.2) is 58.8 Å². The van der Waals surface area contributed by atoms with Gasteiger partial charge in [-0.15, -0.1) is 0 Å². The van der Waals surface area contributed by atoms with Gasteiger partial charge in [-0.1, -0.05) is 0 Å². The van der Waals surface area contributed by atoms with E-state index >= 15 is 0 Å². The molecule has 2 saturated heterocycles. The minimum atomic E-state index is -1.32. The number of fused-ring (bicyclic) bond motifs is 2. The number of rotatable bonds is 3. The van der Waals surface area contributed by atoms with E-state index in [9.17, 15) is 19.1 Å². The molecule has 138 valence electrons. The molecule has 0 amide bonds. The van der Waals surface area contributed by atoms with Crippen molar-refractivity contribution in [3.05, 3.63) is 33.9 Å². The Hall–Kier alpha value is -2.48. The third-order valence-corrected chi connectivity index (χ3v) is 5.52. The highest BCUT2D eigenvalue weighted by Gasteiger charge is 2.40. The van der Waals surface area contributed by atoms with Crippen molar-refractivity contribution in [3.8, 4) is 0 Å². The maximum atomic E-state index is 14.8. The predicted octanol–water partition coefficient (Wildman–Crippen LogP) is 1.25. The normalized spacial score (nSPS) is 23.0. The average molecular weight is 360 g/mol. The first-order chi connectivity index (χ1) is 12.4. The summed E-state index contributed by atoms with van der Waals surface area (Å²) in [6.45, 7) is 5.75. The van der Waals surface area contributed by atoms with Crippen molar-refractivity contribution >= 4 is 22.8 Å². The SMILES string of the molecule is CCn1cc(C(=O)O)c(=O)c2cc(F)c(N3CC4CN(C)CC4C3)nc21. The molecule has 7 nitrogen and oxygen atoms in total. The van der Waals surface area contributed by atoms with Gasteiger partial charge in [-0.25, -0.2) is 14.2 Å². The van der Waals surface area contributed by atoms with Crippen LogP contribution in [0.25, 0.3) is 11.0 Å². The van der Waals surface area contributed by atoms with Gasteiger partial charge in [-0.05, 0) is 31.9 Å². The largest absolute Gasteiger partial charge is 0.477 e. The molecule has 2 aromatic rings. The topological polar surface area (TPSA) is 78.7 Å². The lowest BCUT2D eigenvalue weighted by atomic mass is 10.0. The number of hydrogen-bond acceptors (Lipinski definition) is 5. The molecule has 2 unspecified atom stereocenters. The van der Waals surface area contributed by atoms with Gasteiger partial charge >= 0.3 is 5.97 Å². The van der Waals surface area contributed by atoms with E-state index in [0.29, 0.717) is 24.0 Å². The maximum Gasteiger partial charge on any atom is 0.341 e. The Balaban J connectivity index is 1.81. The van der Waals surface area contributed by atoms with E-state index in [2.05, 4.69) is 16.9 Å². The molecule has 2 aliphatic rings. The second kappa shape index (κ2) is 6.05. The number of carboxylic acid groups (broad SMARTS) is 1. The van der Waals surface area contributed by atoms with Crippen LogP contribution in [0, 0.1) is 17.7 Å². The van der Waals surface area contributed by atoms with Crippen LogP contribution in [0.5, 0.6) is 0 Å². The summed E-state index contributed by atoms with van der Waals surface area (Å²) in [7, 11) is 2.09. The zero-order valence-corrected chi connectivity index (χ0v) is 14.8. The summed E-state index contributed by atoms with van der Waals surface area (Å²) in [5.41, 5.74) is -0.741. The summed E-state index contributed by atoms with van der Waals surface area (Å²) < 4.78 is 16.4. The molecule has 0 bridgehead atoms. The fourth-order valence-corrected chi connectivity index (χ4v) is 4.29. The second-order valence-corrected chi connectivity index (χ2v) is 7.27. The van der Waals surface area contributed by atoms with Crippen LogP contribution in [0.4, 0.5) is 10.2 Å². The number of halogens is 1. The first-order valence-electron chi connectivity index (χ1n) is 8.79. The first kappa shape index (κ1) is 17.0. The highest BCUT2D eigenvalue weighted by Crippen LogP contribution is 2.34. The van der Waals surface area contributed by atoms with Gasteiger partial charge < -0.3 is 19.5 Å². The number of nitrogens with zero attached hydrogens (tertiary/aromatic N) is 4. The van der Waals surface area contributed by atoms with Gasteiger partial charge in [-0.2, -0.15) is 0 Å². The first-order valence-corrected chi connectivity index (χ1v) is 8.79. The van der Waals surface area contributed by atoms with Crippen LogP contribution < -0.4 is 10.3 Å². The van der Waals surface area contributed by atoms with Crippen LogP contribution >= 0.6 is 0 Å². The molecule has 26 heavy (non-hydrogen) atoms. The summed E-state index contributed by atoms with van der Waals surface area (Å²) >= 11 is 0. The van der Waals surface area contributed by atoms with Gasteiger partial charge in [-0.3, -0.25) is 4.79 Å². The molecule has 0 spiro atoms. The van der Waals surface area contributed by atoms with Gasteiger partial charge in [0, 0.05) is 38.9 Å². The Morgan fingerprint density at radius 2 is 1.96 bits per heavy atom. The number of aromatic carboxylic acids is 1. The number of aryl methyl sites for hydroxylation is 1. The van der Waals surface area contributed by atoms with Gasteiger partial charge in [0.1, 0.15) is 11.2 Å². The lowest BCUT2D eigenvalue weighted by molar-refractivity contribution is 0.0695. The van der Waals surface area contributed by atoms with Crippen molar-refractivity contribution in [1.29, 1.82) is 0 Å². The highest BCUT2D eigenvalue weighted by molar-refractivity contribution is 5.92. The van der Waals surface area contributed by atoms with Crippen molar-refractivity contribution in [2.75, 3.05) is 38.1 Å². The van der Waals surface area contributed by atoms with E-state index in [0.717, 1.165) is 32.2 Å². The fraction of sp³-hybridized carbons (Fsp3) is 0.500. The zero-order chi connectivity index (χ0) is 18.6. The van der Waals surface area contributed by atoms with Gasteiger partial charge in [0.05, 0.1) is 5.39 Å². The maximum absolute atomic E-state index is 14.8. The number of hydrogen-bond donors (Lipinski definition) is 1. The fourth-order valence-electron chi connectivity index (χ4n) is 4.29. The molecule has 4 heterocycles. The zero-order valence-electron chi connectivity index (χ0n) is 14.8. The standard InChI is InChI=1S/C18H21FN4O3/c1-3-22-9-13(18(25)26)15(24)12-4-14(19)17(20-16(12)22)23-7-10-5-21(2)6-11(10)8-23/h4,9-11H,3,5-8H2,1-2H3,(H,25,26). The van der Waals surface area contributed by atoms with Crippen LogP contribution in [0.15, 0.2) is 17.1 Å². The van der Waals surface area contributed by atoms with Gasteiger partial charge in [0.15, 0.2) is 11.6 Å². The Labute approximate surface area is 149 Å². The molecule has 4 rings (SSSR count). The smallest absolute Gasteiger partial charge is 0.341 e. The third kappa shape index (κ3) is 2.56. The van der Waals surface area contributed by atoms with E-state index in [1.807, 2.05) is 11.8 Å². The summed E-state index contributed by atoms with van der Waals surface area (Å²) in [6, 6.07) is 1.14. The molecule has 0 aliphatic carbocycles. The van der Waals surface area contributed by atoms with E-state index in [1.165, 1.54) is 6.20 Å². The highest BCUT2D eigenvalue weighted by atomic mass is 19.1. The number of aromatic nitrogens is 2. The molecule has 2 aromatic heterocycles. The predicted molar refractivity (Wildman–Crippen MR) is 95.3 cm³/mol. The molecule has 0 aromatic carbocycles. The van der Waals surface area contributed by atoms with Crippen LogP contribution in [0.1, 0.15) is 17.3 Å². The molecule has 0 radical (unpaired) electrons. The summed E-state index contributed by atoms with van der Waals surface area (Å²) in [6.07, 6.45) is 1.29. The van der Waals surface area contributed by atoms with Gasteiger partial charge in [0.25, 0.3) is 0 Å². The van der Waals surface area contributed by atoms with E-state index in [-0.39, 0.29) is 16.8 Å². The minimum Gasteiger partial charge on any atom is -0.477 e. The average Bonchev–Trinajstić information content (AvgIpc) is 3.12. The quantitative estimate of drug-likeness (QED) is 0.888. The number of carboxylic acids is 1. The Bertz CT molecular complexity index is 944. The number of anilines is 1. The number of likely N-dealkylation sites (tertiary alicyclic amines) is 1. The van der Waals surface area contributed by atoms with Crippen molar-refractivity contribution in [1.82, 2.24) is 14.5 Å². The van der Waals surface area contributed by atoms with Crippen LogP contribution in [0.2, 0.25) is 0 Å². The van der Waals surface area contributed by atoms with E-state index < -0.39 is 17.2 Å². The molecule has 8 heteroatoms. The molecular weight excluding hydrogens is 339 g/mol. The van der Waals surface area contributed by atoms with Crippen LogP contribution in [0.3, 0.4) is 0 Å². The second-order valence-electron chi connectivity index (χ2n) is 7.27. The number of pyridine rings is 2.